The quantitative estimate of drug-likeness (QED) is 0.543. The highest BCUT2D eigenvalue weighted by Crippen LogP contribution is 2.28. The van der Waals surface area contributed by atoms with Gasteiger partial charge < -0.3 is 14.5 Å². The Kier molecular flexibility index (Phi) is 6.26. The number of benzene rings is 1. The third-order valence-electron chi connectivity index (χ3n) is 6.78. The molecule has 0 radical (unpaired) electrons. The molecule has 32 heavy (non-hydrogen) atoms. The number of fused-ring (bicyclic) bond motifs is 1. The van der Waals surface area contributed by atoms with Crippen LogP contribution in [0.5, 0.6) is 0 Å². The van der Waals surface area contributed by atoms with Crippen molar-refractivity contribution in [2.24, 2.45) is 14.1 Å². The van der Waals surface area contributed by atoms with Gasteiger partial charge in [0, 0.05) is 26.7 Å². The second-order valence-electron chi connectivity index (χ2n) is 8.85. The Balaban J connectivity index is 1.64. The maximum Gasteiger partial charge on any atom is 0.316 e. The molecular weight excluding hydrogens is 432 g/mol. The van der Waals surface area contributed by atoms with Gasteiger partial charge in [0.25, 0.3) is 0 Å². The number of carbonyl (C=O) groups excluding carboxylic acids is 1. The van der Waals surface area contributed by atoms with Gasteiger partial charge >= 0.3 is 11.1 Å². The summed E-state index contributed by atoms with van der Waals surface area (Å²) in [7, 11) is -1.03. The van der Waals surface area contributed by atoms with Crippen LogP contribution < -0.4 is 16.4 Å². The number of rotatable bonds is 4. The average Bonchev–Trinajstić information content (AvgIpc) is 3.16. The van der Waals surface area contributed by atoms with E-state index in [0.29, 0.717) is 23.9 Å². The first-order valence-corrected chi connectivity index (χ1v) is 12.7. The molecule has 10 heteroatoms. The van der Waals surface area contributed by atoms with Crippen LogP contribution in [-0.2, 0) is 28.9 Å². The Labute approximate surface area is 187 Å². The maximum absolute atomic E-state index is 13.5. The minimum atomic E-state index is -3.96. The molecule has 0 bridgehead atoms. The molecule has 174 valence electrons. The summed E-state index contributed by atoms with van der Waals surface area (Å²) < 4.78 is 30.6. The van der Waals surface area contributed by atoms with Gasteiger partial charge in [0.1, 0.15) is 6.04 Å². The van der Waals surface area contributed by atoms with Crippen molar-refractivity contribution in [3.8, 4) is 0 Å². The van der Waals surface area contributed by atoms with Crippen molar-refractivity contribution >= 4 is 27.0 Å². The van der Waals surface area contributed by atoms with E-state index in [0.717, 1.165) is 30.3 Å². The van der Waals surface area contributed by atoms with Gasteiger partial charge in [-0.3, -0.25) is 14.4 Å². The van der Waals surface area contributed by atoms with Crippen molar-refractivity contribution in [3.63, 3.8) is 0 Å². The molecule has 1 atom stereocenters. The molecule has 1 amide bonds. The Morgan fingerprint density at radius 2 is 1.53 bits per heavy atom. The second-order valence-corrected chi connectivity index (χ2v) is 10.7. The van der Waals surface area contributed by atoms with Crippen LogP contribution in [0.1, 0.15) is 51.4 Å². The lowest BCUT2D eigenvalue weighted by Crippen LogP contribution is -2.48. The number of hydrogen-bond donors (Lipinski definition) is 1. The Bertz CT molecular complexity index is 1260. The van der Waals surface area contributed by atoms with E-state index in [4.69, 9.17) is 0 Å². The van der Waals surface area contributed by atoms with Gasteiger partial charge in [-0.25, -0.2) is 8.42 Å². The number of hydrogen-bond acceptors (Lipinski definition) is 5. The SMILES string of the molecule is Cn1c(=O)c(=O)n(C)c2cc(S(=O)(=O)N3CCCC3C(=O)NC3CCCCCC3)ccc21. The van der Waals surface area contributed by atoms with E-state index in [1.165, 1.54) is 54.0 Å². The highest BCUT2D eigenvalue weighted by Gasteiger charge is 2.40. The van der Waals surface area contributed by atoms with Crippen LogP contribution in [0.4, 0.5) is 0 Å². The van der Waals surface area contributed by atoms with Crippen molar-refractivity contribution in [3.05, 3.63) is 38.9 Å². The fourth-order valence-corrected chi connectivity index (χ4v) is 6.55. The number of carbonyl (C=O) groups is 1. The van der Waals surface area contributed by atoms with E-state index in [2.05, 4.69) is 5.32 Å². The lowest BCUT2D eigenvalue weighted by atomic mass is 10.1. The van der Waals surface area contributed by atoms with Gasteiger partial charge in [-0.05, 0) is 43.9 Å². The molecule has 1 N–H and O–H groups in total. The fourth-order valence-electron chi connectivity index (χ4n) is 4.87. The summed E-state index contributed by atoms with van der Waals surface area (Å²) in [5, 5.41) is 3.09. The first-order valence-electron chi connectivity index (χ1n) is 11.2. The van der Waals surface area contributed by atoms with Crippen LogP contribution in [0.3, 0.4) is 0 Å². The van der Waals surface area contributed by atoms with Crippen LogP contribution in [0.25, 0.3) is 11.0 Å². The van der Waals surface area contributed by atoms with E-state index in [9.17, 15) is 22.8 Å². The zero-order chi connectivity index (χ0) is 23.0. The highest BCUT2D eigenvalue weighted by molar-refractivity contribution is 7.89. The number of sulfonamides is 1. The normalized spacial score (nSPS) is 21.0. The van der Waals surface area contributed by atoms with Crippen LogP contribution in [0, 0.1) is 0 Å². The number of nitrogens with zero attached hydrogens (tertiary/aromatic N) is 3. The Morgan fingerprint density at radius 3 is 2.19 bits per heavy atom. The fraction of sp³-hybridized carbons (Fsp3) is 0.591. The Morgan fingerprint density at radius 1 is 0.906 bits per heavy atom. The molecule has 9 nitrogen and oxygen atoms in total. The van der Waals surface area contributed by atoms with Crippen LogP contribution in [0.2, 0.25) is 0 Å². The third-order valence-corrected chi connectivity index (χ3v) is 8.68. The molecule has 4 rings (SSSR count). The van der Waals surface area contributed by atoms with Crippen LogP contribution in [-0.4, -0.2) is 46.4 Å². The predicted octanol–water partition coefficient (Wildman–Crippen LogP) is 1.23. The van der Waals surface area contributed by atoms with E-state index in [1.54, 1.807) is 0 Å². The molecule has 1 aromatic heterocycles. The second kappa shape index (κ2) is 8.82. The molecule has 0 spiro atoms. The standard InChI is InChI=1S/C22H30N4O5S/c1-24-17-12-11-16(14-19(17)25(2)22(29)21(24)28)32(30,31)26-13-7-10-18(26)20(27)23-15-8-5-3-4-6-9-15/h11-12,14-15,18H,3-10,13H2,1-2H3,(H,23,27). The van der Waals surface area contributed by atoms with Crippen molar-refractivity contribution in [1.82, 2.24) is 18.8 Å². The van der Waals surface area contributed by atoms with Crippen LogP contribution >= 0.6 is 0 Å². The number of aromatic nitrogens is 2. The summed E-state index contributed by atoms with van der Waals surface area (Å²) in [5.74, 6) is -0.228. The average molecular weight is 463 g/mol. The van der Waals surface area contributed by atoms with E-state index >= 15 is 0 Å². The highest BCUT2D eigenvalue weighted by atomic mass is 32.2. The van der Waals surface area contributed by atoms with Crippen molar-refractivity contribution < 1.29 is 13.2 Å². The van der Waals surface area contributed by atoms with Gasteiger partial charge in [0.05, 0.1) is 15.9 Å². The minimum absolute atomic E-state index is 0.00724. The molecule has 2 fully saturated rings. The third kappa shape index (κ3) is 4.01. The summed E-state index contributed by atoms with van der Waals surface area (Å²) in [5.41, 5.74) is -0.598. The van der Waals surface area contributed by atoms with E-state index in [1.807, 2.05) is 0 Å². The zero-order valence-electron chi connectivity index (χ0n) is 18.5. The topological polar surface area (TPSA) is 110 Å². The molecule has 1 saturated carbocycles. The molecule has 1 saturated heterocycles. The first-order chi connectivity index (χ1) is 15.2. The van der Waals surface area contributed by atoms with Gasteiger partial charge in [-0.1, -0.05) is 25.7 Å². The van der Waals surface area contributed by atoms with Crippen molar-refractivity contribution in [2.75, 3.05) is 6.54 Å². The largest absolute Gasteiger partial charge is 0.352 e. The smallest absolute Gasteiger partial charge is 0.316 e. The lowest BCUT2D eigenvalue weighted by Gasteiger charge is -2.26. The molecule has 1 aromatic carbocycles. The number of amides is 1. The predicted molar refractivity (Wildman–Crippen MR) is 121 cm³/mol. The lowest BCUT2D eigenvalue weighted by molar-refractivity contribution is -0.125. The number of aryl methyl sites for hydroxylation is 2. The van der Waals surface area contributed by atoms with Crippen molar-refractivity contribution in [1.29, 1.82) is 0 Å². The summed E-state index contributed by atoms with van der Waals surface area (Å²) in [6.45, 7) is 0.273. The van der Waals surface area contributed by atoms with E-state index < -0.39 is 27.2 Å². The monoisotopic (exact) mass is 462 g/mol. The summed E-state index contributed by atoms with van der Waals surface area (Å²) in [6, 6.07) is 3.74. The molecular formula is C22H30N4O5S. The minimum Gasteiger partial charge on any atom is -0.352 e. The molecule has 1 unspecified atom stereocenters. The van der Waals surface area contributed by atoms with E-state index in [-0.39, 0.29) is 23.4 Å². The van der Waals surface area contributed by atoms with Crippen molar-refractivity contribution in [2.45, 2.75) is 68.3 Å². The Hall–Kier alpha value is -2.46. The molecule has 1 aliphatic carbocycles. The maximum atomic E-state index is 13.5. The molecule has 1 aliphatic heterocycles. The summed E-state index contributed by atoms with van der Waals surface area (Å²) in [6.07, 6.45) is 7.47. The molecule has 2 aromatic rings. The summed E-state index contributed by atoms with van der Waals surface area (Å²) in [4.78, 5) is 37.3. The van der Waals surface area contributed by atoms with Gasteiger partial charge in [0.2, 0.25) is 15.9 Å². The van der Waals surface area contributed by atoms with Gasteiger partial charge in [-0.15, -0.1) is 0 Å². The van der Waals surface area contributed by atoms with Crippen LogP contribution in [0.15, 0.2) is 32.7 Å². The zero-order valence-corrected chi connectivity index (χ0v) is 19.4. The molecule has 2 aliphatic rings. The van der Waals surface area contributed by atoms with Gasteiger partial charge in [-0.2, -0.15) is 4.31 Å². The van der Waals surface area contributed by atoms with Gasteiger partial charge in [0.15, 0.2) is 0 Å². The first kappa shape index (κ1) is 22.7. The molecule has 2 heterocycles. The summed E-state index contributed by atoms with van der Waals surface area (Å²) >= 11 is 0. The number of nitrogens with one attached hydrogen (secondary N) is 1.